The molecule has 0 bridgehead atoms. The van der Waals surface area contributed by atoms with Crippen molar-refractivity contribution in [1.29, 1.82) is 0 Å². The van der Waals surface area contributed by atoms with E-state index in [1.807, 2.05) is 0 Å². The molecule has 0 aliphatic heterocycles. The maximum atomic E-state index is 12.9. The highest BCUT2D eigenvalue weighted by atomic mass is 28.4. The fourth-order valence-electron chi connectivity index (χ4n) is 5.28. The Labute approximate surface area is 218 Å². The molecule has 0 amide bonds. The zero-order valence-corrected chi connectivity index (χ0v) is 24.8. The zero-order valence-electron chi connectivity index (χ0n) is 23.8. The van der Waals surface area contributed by atoms with Gasteiger partial charge < -0.3 is 9.53 Å². The molecule has 0 aromatic carbocycles. The lowest BCUT2D eigenvalue weighted by Crippen LogP contribution is -2.45. The molecule has 0 saturated carbocycles. The summed E-state index contributed by atoms with van der Waals surface area (Å²) >= 11 is 0. The van der Waals surface area contributed by atoms with Crippen LogP contribution >= 0.6 is 0 Å². The first-order valence-electron chi connectivity index (χ1n) is 15.1. The van der Waals surface area contributed by atoms with Crippen molar-refractivity contribution in [3.05, 3.63) is 12.2 Å². The Balaban J connectivity index is 5.83. The van der Waals surface area contributed by atoms with Crippen LogP contribution in [0.5, 0.6) is 0 Å². The lowest BCUT2D eigenvalue weighted by Gasteiger charge is -2.38. The molecule has 0 heterocycles. The molecule has 0 spiro atoms. The Bertz CT molecular complexity index is 534. The van der Waals surface area contributed by atoms with Gasteiger partial charge in [-0.1, -0.05) is 137 Å². The van der Waals surface area contributed by atoms with E-state index in [0.29, 0.717) is 5.54 Å². The largest absolute Gasteiger partial charge is 0.516 e. The molecule has 1 atom stereocenters. The number of hydrogen-bond donors (Lipinski definition) is 1. The summed E-state index contributed by atoms with van der Waals surface area (Å²) < 4.78 is 6.50. The van der Waals surface area contributed by atoms with Crippen LogP contribution in [0.25, 0.3) is 0 Å². The van der Waals surface area contributed by atoms with Gasteiger partial charge in [0, 0.05) is 12.2 Å². The van der Waals surface area contributed by atoms with E-state index < -0.39 is 20.3 Å². The summed E-state index contributed by atoms with van der Waals surface area (Å²) in [4.78, 5) is 23.9. The summed E-state index contributed by atoms with van der Waals surface area (Å²) in [6.45, 7) is 8.98. The first-order valence-corrected chi connectivity index (χ1v) is 17.5. The monoisotopic (exact) mass is 510 g/mol. The first-order chi connectivity index (χ1) is 17.0. The lowest BCUT2D eigenvalue weighted by molar-refractivity contribution is -0.133. The second-order valence-electron chi connectivity index (χ2n) is 10.5. The van der Waals surface area contributed by atoms with E-state index in [1.54, 1.807) is 0 Å². The van der Waals surface area contributed by atoms with Crippen molar-refractivity contribution < 1.29 is 19.1 Å². The van der Waals surface area contributed by atoms with E-state index >= 15 is 0 Å². The summed E-state index contributed by atoms with van der Waals surface area (Å²) in [6, 6.07) is 2.08. The van der Waals surface area contributed by atoms with E-state index in [4.69, 9.17) is 9.53 Å². The number of carbonyl (C=O) groups is 2. The molecule has 0 fully saturated rings. The predicted molar refractivity (Wildman–Crippen MR) is 152 cm³/mol. The van der Waals surface area contributed by atoms with Gasteiger partial charge >= 0.3 is 11.9 Å². The Morgan fingerprint density at radius 3 is 1.46 bits per heavy atom. The van der Waals surface area contributed by atoms with Crippen molar-refractivity contribution in [3.8, 4) is 0 Å². The van der Waals surface area contributed by atoms with Crippen LogP contribution < -0.4 is 0 Å². The van der Waals surface area contributed by atoms with Gasteiger partial charge in [-0.2, -0.15) is 0 Å². The van der Waals surface area contributed by atoms with E-state index in [1.165, 1.54) is 103 Å². The molecule has 0 aromatic rings. The van der Waals surface area contributed by atoms with Crippen molar-refractivity contribution >= 4 is 20.3 Å². The van der Waals surface area contributed by atoms with Gasteiger partial charge in [0.25, 0.3) is 8.32 Å². The normalized spacial score (nSPS) is 12.8. The Morgan fingerprint density at radius 2 is 1.03 bits per heavy atom. The average Bonchev–Trinajstić information content (AvgIpc) is 2.84. The number of rotatable bonds is 25. The van der Waals surface area contributed by atoms with Gasteiger partial charge in [0.1, 0.15) is 0 Å². The van der Waals surface area contributed by atoms with Gasteiger partial charge in [-0.25, -0.2) is 9.59 Å². The van der Waals surface area contributed by atoms with Gasteiger partial charge in [-0.3, -0.25) is 0 Å². The van der Waals surface area contributed by atoms with Gasteiger partial charge in [-0.05, 0) is 30.5 Å². The Hall–Kier alpha value is -1.10. The molecular formula is C30H58O4Si. The van der Waals surface area contributed by atoms with Gasteiger partial charge in [-0.15, -0.1) is 0 Å². The van der Waals surface area contributed by atoms with E-state index in [2.05, 4.69) is 27.7 Å². The van der Waals surface area contributed by atoms with Gasteiger partial charge in [0.05, 0.1) is 0 Å². The summed E-state index contributed by atoms with van der Waals surface area (Å²) in [7, 11) is -2.38. The molecule has 0 aliphatic carbocycles. The average molecular weight is 511 g/mol. The van der Waals surface area contributed by atoms with Crippen LogP contribution in [0.4, 0.5) is 0 Å². The predicted octanol–water partition coefficient (Wildman–Crippen LogP) is 9.98. The number of carbonyl (C=O) groups excluding carboxylic acids is 1. The molecule has 1 N–H and O–H groups in total. The number of carboxylic acid groups (broad SMARTS) is 1. The van der Waals surface area contributed by atoms with Crippen LogP contribution in [0.1, 0.15) is 150 Å². The highest BCUT2D eigenvalue weighted by Gasteiger charge is 2.44. The van der Waals surface area contributed by atoms with Crippen molar-refractivity contribution in [2.45, 2.75) is 167 Å². The SMILES string of the molecule is CCCCCCCC(CCCCCC)[Si](CCCCCC)(CCCCCC)OC(=O)C=CC(=O)O. The summed E-state index contributed by atoms with van der Waals surface area (Å²) in [5, 5.41) is 9.04. The quantitative estimate of drug-likeness (QED) is 0.0753. The zero-order chi connectivity index (χ0) is 26.2. The van der Waals surface area contributed by atoms with Crippen LogP contribution in [0.2, 0.25) is 17.6 Å². The summed E-state index contributed by atoms with van der Waals surface area (Å²) in [5.74, 6) is -1.51. The molecule has 0 rings (SSSR count). The second-order valence-corrected chi connectivity index (χ2v) is 14.7. The van der Waals surface area contributed by atoms with E-state index in [0.717, 1.165) is 43.5 Å². The molecular weight excluding hydrogens is 452 g/mol. The molecule has 35 heavy (non-hydrogen) atoms. The summed E-state index contributed by atoms with van der Waals surface area (Å²) in [5.41, 5.74) is 0.492. The first kappa shape index (κ1) is 33.9. The third kappa shape index (κ3) is 17.9. The molecule has 4 nitrogen and oxygen atoms in total. The lowest BCUT2D eigenvalue weighted by atomic mass is 10.0. The van der Waals surface area contributed by atoms with Gasteiger partial charge in [0.15, 0.2) is 0 Å². The van der Waals surface area contributed by atoms with Crippen LogP contribution in [-0.2, 0) is 14.0 Å². The van der Waals surface area contributed by atoms with Crippen LogP contribution in [-0.4, -0.2) is 25.4 Å². The van der Waals surface area contributed by atoms with Gasteiger partial charge in [0.2, 0.25) is 0 Å². The molecule has 206 valence electrons. The number of unbranched alkanes of at least 4 members (excludes halogenated alkanes) is 13. The minimum atomic E-state index is -2.38. The van der Waals surface area contributed by atoms with Crippen LogP contribution in [0, 0.1) is 0 Å². The minimum Gasteiger partial charge on any atom is -0.516 e. The number of hydrogen-bond acceptors (Lipinski definition) is 3. The molecule has 0 radical (unpaired) electrons. The minimum absolute atomic E-state index is 0.422. The maximum absolute atomic E-state index is 12.9. The molecule has 5 heteroatoms. The highest BCUT2D eigenvalue weighted by Crippen LogP contribution is 2.42. The van der Waals surface area contributed by atoms with E-state index in [9.17, 15) is 9.59 Å². The Kier molecular flexibility index (Phi) is 22.6. The highest BCUT2D eigenvalue weighted by molar-refractivity contribution is 6.76. The van der Waals surface area contributed by atoms with Crippen molar-refractivity contribution in [3.63, 3.8) is 0 Å². The maximum Gasteiger partial charge on any atom is 0.328 e. The van der Waals surface area contributed by atoms with Crippen molar-refractivity contribution in [2.24, 2.45) is 0 Å². The van der Waals surface area contributed by atoms with Crippen molar-refractivity contribution in [2.75, 3.05) is 0 Å². The topological polar surface area (TPSA) is 63.6 Å². The number of aliphatic carboxylic acids is 1. The molecule has 0 aliphatic rings. The molecule has 0 saturated heterocycles. The fourth-order valence-corrected chi connectivity index (χ4v) is 10.3. The second kappa shape index (κ2) is 23.3. The van der Waals surface area contributed by atoms with E-state index in [-0.39, 0.29) is 0 Å². The van der Waals surface area contributed by atoms with Crippen LogP contribution in [0.3, 0.4) is 0 Å². The van der Waals surface area contributed by atoms with Crippen LogP contribution in [0.15, 0.2) is 12.2 Å². The fraction of sp³-hybridized carbons (Fsp3) is 0.867. The third-order valence-electron chi connectivity index (χ3n) is 7.38. The standard InChI is InChI=1S/C30H58O4Si/c1-5-9-13-17-19-23-28(22-18-14-10-6-2)35(26-20-15-11-7-3,27-21-16-12-8-4)34-30(33)25-24-29(31)32/h24-25,28H,5-23,26-27H2,1-4H3,(H,31,32). The number of carboxylic acids is 1. The molecule has 0 aromatic heterocycles. The molecule has 1 unspecified atom stereocenters. The smallest absolute Gasteiger partial charge is 0.328 e. The third-order valence-corrected chi connectivity index (χ3v) is 12.5. The Morgan fingerprint density at radius 1 is 0.629 bits per heavy atom. The van der Waals surface area contributed by atoms with Crippen molar-refractivity contribution in [1.82, 2.24) is 0 Å². The summed E-state index contributed by atoms with van der Waals surface area (Å²) in [6.07, 6.45) is 25.2.